The van der Waals surface area contributed by atoms with Crippen molar-refractivity contribution in [3.05, 3.63) is 34.2 Å². The Bertz CT molecular complexity index is 866. The van der Waals surface area contributed by atoms with Gasteiger partial charge in [-0.1, -0.05) is 0 Å². The Balaban J connectivity index is 2.29. The van der Waals surface area contributed by atoms with Gasteiger partial charge in [0.25, 0.3) is 5.91 Å². The lowest BCUT2D eigenvalue weighted by Crippen LogP contribution is -2.34. The van der Waals surface area contributed by atoms with Crippen molar-refractivity contribution < 1.29 is 24.9 Å². The molecular formula is C14H16N4O6. The van der Waals surface area contributed by atoms with Crippen LogP contribution in [-0.2, 0) is 4.74 Å². The van der Waals surface area contributed by atoms with Crippen molar-refractivity contribution in [1.29, 1.82) is 0 Å². The van der Waals surface area contributed by atoms with E-state index in [0.29, 0.717) is 0 Å². The second-order valence-corrected chi connectivity index (χ2v) is 5.47. The Morgan fingerprint density at radius 3 is 2.67 bits per heavy atom. The summed E-state index contributed by atoms with van der Waals surface area (Å²) in [4.78, 5) is 28.0. The molecule has 2 aromatic rings. The number of hydrogen-bond acceptors (Lipinski definition) is 8. The van der Waals surface area contributed by atoms with Crippen molar-refractivity contribution >= 4 is 22.6 Å². The van der Waals surface area contributed by atoms with Crippen LogP contribution in [0.3, 0.4) is 0 Å². The van der Waals surface area contributed by atoms with Gasteiger partial charge in [0.1, 0.15) is 29.5 Å². The summed E-state index contributed by atoms with van der Waals surface area (Å²) in [6, 6.07) is 1.39. The molecule has 0 saturated carbocycles. The van der Waals surface area contributed by atoms with Crippen molar-refractivity contribution in [3.8, 4) is 0 Å². The van der Waals surface area contributed by atoms with Gasteiger partial charge >= 0.3 is 0 Å². The summed E-state index contributed by atoms with van der Waals surface area (Å²) in [5, 5.41) is 29.2. The predicted octanol–water partition coefficient (Wildman–Crippen LogP) is -2.31. The minimum atomic E-state index is -1.42. The normalized spacial score (nSPS) is 26.8. The summed E-state index contributed by atoms with van der Waals surface area (Å²) in [6.07, 6.45) is -2.55. The number of carbonyl (C=O) groups is 1. The fraction of sp³-hybridized carbons (Fsp3) is 0.357. The standard InChI is InChI=1S/C14H16N4O6/c15-6-1-2-17-13-8(6)9(20)5(12(16)23)3-18(13)14-11(22)10(21)7(4-19)24-14/h1-3,7,10-11,14,19,21-22H,4H2,(H2,15,17)(H2,16,23). The zero-order chi connectivity index (χ0) is 17.6. The molecule has 0 aromatic carbocycles. The Labute approximate surface area is 134 Å². The molecule has 2 aromatic heterocycles. The van der Waals surface area contributed by atoms with E-state index < -0.39 is 42.5 Å². The van der Waals surface area contributed by atoms with Crippen molar-refractivity contribution in [2.75, 3.05) is 12.3 Å². The van der Waals surface area contributed by atoms with Crippen LogP contribution < -0.4 is 16.9 Å². The number of aliphatic hydroxyl groups is 3. The van der Waals surface area contributed by atoms with E-state index in [2.05, 4.69) is 4.98 Å². The number of fused-ring (bicyclic) bond motifs is 1. The summed E-state index contributed by atoms with van der Waals surface area (Å²) >= 11 is 0. The number of anilines is 1. The highest BCUT2D eigenvalue weighted by molar-refractivity contribution is 5.98. The van der Waals surface area contributed by atoms with Gasteiger partial charge < -0.3 is 36.1 Å². The highest BCUT2D eigenvalue weighted by Gasteiger charge is 2.44. The monoisotopic (exact) mass is 336 g/mol. The van der Waals surface area contributed by atoms with Crippen molar-refractivity contribution in [3.63, 3.8) is 0 Å². The van der Waals surface area contributed by atoms with Gasteiger partial charge in [0.2, 0.25) is 5.43 Å². The number of hydrogen-bond donors (Lipinski definition) is 5. The molecule has 7 N–H and O–H groups in total. The topological polar surface area (TPSA) is 174 Å². The number of ether oxygens (including phenoxy) is 1. The Morgan fingerprint density at radius 2 is 2.08 bits per heavy atom. The number of aliphatic hydroxyl groups excluding tert-OH is 3. The molecule has 24 heavy (non-hydrogen) atoms. The van der Waals surface area contributed by atoms with E-state index in [9.17, 15) is 24.9 Å². The van der Waals surface area contributed by atoms with E-state index in [-0.39, 0.29) is 22.3 Å². The molecule has 4 atom stereocenters. The van der Waals surface area contributed by atoms with E-state index in [1.165, 1.54) is 16.8 Å². The van der Waals surface area contributed by atoms with Crippen LogP contribution in [0.5, 0.6) is 0 Å². The van der Waals surface area contributed by atoms with Crippen LogP contribution in [0.15, 0.2) is 23.3 Å². The highest BCUT2D eigenvalue weighted by atomic mass is 16.6. The summed E-state index contributed by atoms with van der Waals surface area (Å²) in [7, 11) is 0. The summed E-state index contributed by atoms with van der Waals surface area (Å²) in [5.41, 5.74) is 10.1. The fourth-order valence-corrected chi connectivity index (χ4v) is 2.77. The number of amides is 1. The lowest BCUT2D eigenvalue weighted by Gasteiger charge is -2.21. The lowest BCUT2D eigenvalue weighted by molar-refractivity contribution is -0.0511. The quantitative estimate of drug-likeness (QED) is 0.415. The SMILES string of the molecule is NC(=O)c1cn(C2OC(CO)C(O)C2O)c2nccc(N)c2c1=O. The summed E-state index contributed by atoms with van der Waals surface area (Å²) in [5.74, 6) is -0.981. The van der Waals surface area contributed by atoms with Gasteiger partial charge in [0.05, 0.1) is 12.0 Å². The third kappa shape index (κ3) is 2.32. The van der Waals surface area contributed by atoms with Crippen LogP contribution in [0.1, 0.15) is 16.6 Å². The Hall–Kier alpha value is -2.53. The van der Waals surface area contributed by atoms with Crippen LogP contribution in [0.25, 0.3) is 11.0 Å². The van der Waals surface area contributed by atoms with Gasteiger partial charge in [0.15, 0.2) is 6.23 Å². The maximum absolute atomic E-state index is 12.4. The number of primary amides is 1. The predicted molar refractivity (Wildman–Crippen MR) is 81.9 cm³/mol. The lowest BCUT2D eigenvalue weighted by atomic mass is 10.1. The Kier molecular flexibility index (Phi) is 3.97. The number of nitrogens with zero attached hydrogens (tertiary/aromatic N) is 2. The number of aromatic nitrogens is 2. The molecule has 0 aliphatic carbocycles. The second-order valence-electron chi connectivity index (χ2n) is 5.47. The second kappa shape index (κ2) is 5.83. The fourth-order valence-electron chi connectivity index (χ4n) is 2.77. The largest absolute Gasteiger partial charge is 0.398 e. The van der Waals surface area contributed by atoms with Gasteiger partial charge in [-0.25, -0.2) is 4.98 Å². The smallest absolute Gasteiger partial charge is 0.254 e. The molecule has 4 unspecified atom stereocenters. The van der Waals surface area contributed by atoms with Gasteiger partial charge in [0, 0.05) is 18.1 Å². The molecule has 128 valence electrons. The molecule has 10 nitrogen and oxygen atoms in total. The molecule has 1 fully saturated rings. The maximum Gasteiger partial charge on any atom is 0.254 e. The van der Waals surface area contributed by atoms with Crippen molar-refractivity contribution in [2.24, 2.45) is 5.73 Å². The number of nitrogens with two attached hydrogens (primary N) is 2. The highest BCUT2D eigenvalue weighted by Crippen LogP contribution is 2.31. The molecule has 1 saturated heterocycles. The van der Waals surface area contributed by atoms with Crippen molar-refractivity contribution in [1.82, 2.24) is 9.55 Å². The zero-order valence-corrected chi connectivity index (χ0v) is 12.4. The van der Waals surface area contributed by atoms with Gasteiger partial charge in [-0.05, 0) is 6.07 Å². The molecule has 1 amide bonds. The molecule has 1 aliphatic rings. The molecule has 3 rings (SSSR count). The minimum absolute atomic E-state index is 0.0495. The zero-order valence-electron chi connectivity index (χ0n) is 12.4. The van der Waals surface area contributed by atoms with Crippen molar-refractivity contribution in [2.45, 2.75) is 24.5 Å². The third-order valence-corrected chi connectivity index (χ3v) is 4.00. The van der Waals surface area contributed by atoms with Crippen LogP contribution in [0.2, 0.25) is 0 Å². The molecule has 10 heteroatoms. The van der Waals surface area contributed by atoms with Crippen LogP contribution >= 0.6 is 0 Å². The van der Waals surface area contributed by atoms with Gasteiger partial charge in [-0.15, -0.1) is 0 Å². The molecule has 1 aliphatic heterocycles. The van der Waals surface area contributed by atoms with E-state index in [1.807, 2.05) is 0 Å². The molecule has 0 bridgehead atoms. The Morgan fingerprint density at radius 1 is 1.38 bits per heavy atom. The summed E-state index contributed by atoms with van der Waals surface area (Å²) in [6.45, 7) is -0.523. The van der Waals surface area contributed by atoms with E-state index in [1.54, 1.807) is 0 Å². The van der Waals surface area contributed by atoms with Gasteiger partial charge in [-0.2, -0.15) is 0 Å². The molecule has 3 heterocycles. The molecule has 0 radical (unpaired) electrons. The van der Waals surface area contributed by atoms with Gasteiger partial charge in [-0.3, -0.25) is 9.59 Å². The molecule has 0 spiro atoms. The minimum Gasteiger partial charge on any atom is -0.398 e. The van der Waals surface area contributed by atoms with E-state index >= 15 is 0 Å². The maximum atomic E-state index is 12.4. The molecular weight excluding hydrogens is 320 g/mol. The van der Waals surface area contributed by atoms with E-state index in [0.717, 1.165) is 6.20 Å². The average molecular weight is 336 g/mol. The number of carbonyl (C=O) groups excluding carboxylic acids is 1. The summed E-state index contributed by atoms with van der Waals surface area (Å²) < 4.78 is 6.63. The number of nitrogen functional groups attached to an aromatic ring is 1. The first-order chi connectivity index (χ1) is 11.4. The third-order valence-electron chi connectivity index (χ3n) is 4.00. The van der Waals surface area contributed by atoms with Crippen LogP contribution in [0, 0.1) is 0 Å². The number of rotatable bonds is 3. The first kappa shape index (κ1) is 16.3. The van der Waals surface area contributed by atoms with E-state index in [4.69, 9.17) is 16.2 Å². The first-order valence-electron chi connectivity index (χ1n) is 7.08. The van der Waals surface area contributed by atoms with Crippen LogP contribution in [-0.4, -0.2) is 55.7 Å². The average Bonchev–Trinajstić information content (AvgIpc) is 2.83. The first-order valence-corrected chi connectivity index (χ1v) is 7.08. The van der Waals surface area contributed by atoms with Crippen LogP contribution in [0.4, 0.5) is 5.69 Å². The number of pyridine rings is 2.